The van der Waals surface area contributed by atoms with Gasteiger partial charge in [-0.2, -0.15) is 5.26 Å². The monoisotopic (exact) mass is 221 g/mol. The van der Waals surface area contributed by atoms with Crippen molar-refractivity contribution in [3.63, 3.8) is 0 Å². The van der Waals surface area contributed by atoms with E-state index < -0.39 is 0 Å². The zero-order chi connectivity index (χ0) is 11.6. The van der Waals surface area contributed by atoms with E-state index in [1.807, 2.05) is 0 Å². The van der Waals surface area contributed by atoms with Crippen molar-refractivity contribution in [1.82, 2.24) is 10.2 Å². The lowest BCUT2D eigenvalue weighted by atomic mass is 9.93. The molecule has 3 nitrogen and oxygen atoms in total. The molecule has 0 spiro atoms. The second-order valence-electron chi connectivity index (χ2n) is 5.24. The smallest absolute Gasteiger partial charge is 0.122 e. The fourth-order valence-corrected chi connectivity index (χ4v) is 2.42. The van der Waals surface area contributed by atoms with Crippen molar-refractivity contribution in [2.75, 3.05) is 19.6 Å². The lowest BCUT2D eigenvalue weighted by Crippen LogP contribution is -2.55. The number of likely N-dealkylation sites (N-methyl/N-ethyl adjacent to an activating group) is 1. The number of rotatable bonds is 7. The number of nitrogens with one attached hydrogen (secondary N) is 1. The predicted molar refractivity (Wildman–Crippen MR) is 65.0 cm³/mol. The molecule has 2 saturated carbocycles. The van der Waals surface area contributed by atoms with Gasteiger partial charge in [0, 0.05) is 12.6 Å². The molecule has 3 heteroatoms. The topological polar surface area (TPSA) is 39.1 Å². The largest absolute Gasteiger partial charge is 0.301 e. The van der Waals surface area contributed by atoms with E-state index in [1.54, 1.807) is 0 Å². The van der Waals surface area contributed by atoms with E-state index in [-0.39, 0.29) is 5.54 Å². The van der Waals surface area contributed by atoms with Gasteiger partial charge in [-0.3, -0.25) is 5.32 Å². The Morgan fingerprint density at radius 3 is 2.25 bits per heavy atom. The Morgan fingerprint density at radius 1 is 1.25 bits per heavy atom. The summed E-state index contributed by atoms with van der Waals surface area (Å²) in [6, 6.07) is 3.22. The molecule has 0 heterocycles. The first kappa shape index (κ1) is 11.9. The standard InChI is InChI=1S/C13H23N3/c1-3-16(4-2)10-13(9-14,11-5-6-11)15-12-7-8-12/h11-12,15H,3-8,10H2,1-2H3. The highest BCUT2D eigenvalue weighted by Crippen LogP contribution is 2.41. The maximum Gasteiger partial charge on any atom is 0.122 e. The summed E-state index contributed by atoms with van der Waals surface area (Å²) >= 11 is 0. The van der Waals surface area contributed by atoms with Crippen molar-refractivity contribution in [1.29, 1.82) is 5.26 Å². The molecule has 0 aromatic carbocycles. The first-order valence-corrected chi connectivity index (χ1v) is 6.65. The zero-order valence-electron chi connectivity index (χ0n) is 10.5. The lowest BCUT2D eigenvalue weighted by Gasteiger charge is -2.33. The predicted octanol–water partition coefficient (Wildman–Crippen LogP) is 1.75. The summed E-state index contributed by atoms with van der Waals surface area (Å²) in [5.74, 6) is 0.596. The summed E-state index contributed by atoms with van der Waals surface area (Å²) in [6.07, 6.45) is 4.98. The first-order chi connectivity index (χ1) is 7.74. The molecular formula is C13H23N3. The molecule has 0 radical (unpaired) electrons. The Morgan fingerprint density at radius 2 is 1.88 bits per heavy atom. The van der Waals surface area contributed by atoms with Crippen LogP contribution in [0.1, 0.15) is 39.5 Å². The van der Waals surface area contributed by atoms with Gasteiger partial charge in [-0.1, -0.05) is 13.8 Å². The summed E-state index contributed by atoms with van der Waals surface area (Å²) in [5, 5.41) is 13.2. The molecule has 0 aliphatic heterocycles. The summed E-state index contributed by atoms with van der Waals surface area (Å²) < 4.78 is 0. The van der Waals surface area contributed by atoms with Crippen molar-refractivity contribution in [3.8, 4) is 6.07 Å². The van der Waals surface area contributed by atoms with E-state index in [0.29, 0.717) is 12.0 Å². The van der Waals surface area contributed by atoms with Gasteiger partial charge in [-0.05, 0) is 44.7 Å². The molecule has 0 amide bonds. The number of hydrogen-bond acceptors (Lipinski definition) is 3. The maximum atomic E-state index is 9.56. The number of nitrogens with zero attached hydrogens (tertiary/aromatic N) is 2. The van der Waals surface area contributed by atoms with Crippen LogP contribution >= 0.6 is 0 Å². The van der Waals surface area contributed by atoms with Crippen molar-refractivity contribution in [2.24, 2.45) is 5.92 Å². The van der Waals surface area contributed by atoms with Gasteiger partial charge in [-0.15, -0.1) is 0 Å². The fraction of sp³-hybridized carbons (Fsp3) is 0.923. The Balaban J connectivity index is 2.02. The minimum Gasteiger partial charge on any atom is -0.301 e. The van der Waals surface area contributed by atoms with Crippen LogP contribution in [0, 0.1) is 17.2 Å². The number of nitriles is 1. The van der Waals surface area contributed by atoms with Crippen LogP contribution in [0.5, 0.6) is 0 Å². The molecule has 0 bridgehead atoms. The molecule has 90 valence electrons. The van der Waals surface area contributed by atoms with Crippen LogP contribution in [0.15, 0.2) is 0 Å². The van der Waals surface area contributed by atoms with Gasteiger partial charge < -0.3 is 4.90 Å². The normalized spacial score (nSPS) is 24.1. The Bertz CT molecular complexity index is 271. The lowest BCUT2D eigenvalue weighted by molar-refractivity contribution is 0.209. The third-order valence-electron chi connectivity index (χ3n) is 3.88. The molecule has 0 aromatic rings. The summed E-state index contributed by atoms with van der Waals surface area (Å²) in [6.45, 7) is 7.33. The summed E-state index contributed by atoms with van der Waals surface area (Å²) in [5.41, 5.74) is -0.257. The Kier molecular flexibility index (Phi) is 3.51. The Labute approximate surface area is 98.8 Å². The van der Waals surface area contributed by atoms with Crippen LogP contribution in [0.3, 0.4) is 0 Å². The van der Waals surface area contributed by atoms with Crippen LogP contribution in [-0.4, -0.2) is 36.1 Å². The molecule has 2 fully saturated rings. The summed E-state index contributed by atoms with van der Waals surface area (Å²) in [7, 11) is 0. The molecule has 0 saturated heterocycles. The molecule has 2 aliphatic rings. The van der Waals surface area contributed by atoms with E-state index >= 15 is 0 Å². The minimum atomic E-state index is -0.257. The quantitative estimate of drug-likeness (QED) is 0.712. The molecular weight excluding hydrogens is 198 g/mol. The van der Waals surface area contributed by atoms with Gasteiger partial charge in [0.1, 0.15) is 5.54 Å². The van der Waals surface area contributed by atoms with Gasteiger partial charge in [0.2, 0.25) is 0 Å². The fourth-order valence-electron chi connectivity index (χ4n) is 2.42. The zero-order valence-corrected chi connectivity index (χ0v) is 10.5. The van der Waals surface area contributed by atoms with Crippen LogP contribution in [-0.2, 0) is 0 Å². The van der Waals surface area contributed by atoms with E-state index in [0.717, 1.165) is 19.6 Å². The van der Waals surface area contributed by atoms with Crippen molar-refractivity contribution >= 4 is 0 Å². The van der Waals surface area contributed by atoms with Crippen LogP contribution in [0.25, 0.3) is 0 Å². The minimum absolute atomic E-state index is 0.257. The van der Waals surface area contributed by atoms with Crippen molar-refractivity contribution in [3.05, 3.63) is 0 Å². The van der Waals surface area contributed by atoms with Crippen LogP contribution < -0.4 is 5.32 Å². The van der Waals surface area contributed by atoms with E-state index in [4.69, 9.17) is 0 Å². The van der Waals surface area contributed by atoms with Crippen LogP contribution in [0.4, 0.5) is 0 Å². The SMILES string of the molecule is CCN(CC)CC(C#N)(NC1CC1)C1CC1. The second kappa shape index (κ2) is 4.73. The van der Waals surface area contributed by atoms with Crippen LogP contribution in [0.2, 0.25) is 0 Å². The second-order valence-corrected chi connectivity index (χ2v) is 5.24. The highest BCUT2D eigenvalue weighted by molar-refractivity contribution is 5.18. The first-order valence-electron chi connectivity index (χ1n) is 6.65. The summed E-state index contributed by atoms with van der Waals surface area (Å²) in [4.78, 5) is 2.37. The van der Waals surface area contributed by atoms with Gasteiger partial charge in [0.25, 0.3) is 0 Å². The van der Waals surface area contributed by atoms with E-state index in [1.165, 1.54) is 25.7 Å². The van der Waals surface area contributed by atoms with Gasteiger partial charge in [0.05, 0.1) is 6.07 Å². The third kappa shape index (κ3) is 2.56. The Hall–Kier alpha value is -0.590. The van der Waals surface area contributed by atoms with Gasteiger partial charge >= 0.3 is 0 Å². The molecule has 16 heavy (non-hydrogen) atoms. The highest BCUT2D eigenvalue weighted by atomic mass is 15.2. The molecule has 0 aromatic heterocycles. The number of hydrogen-bond donors (Lipinski definition) is 1. The average Bonchev–Trinajstić information content (AvgIpc) is 3.16. The van der Waals surface area contributed by atoms with Crippen molar-refractivity contribution in [2.45, 2.75) is 51.1 Å². The highest BCUT2D eigenvalue weighted by Gasteiger charge is 2.48. The van der Waals surface area contributed by atoms with Gasteiger partial charge in [0.15, 0.2) is 0 Å². The molecule has 2 aliphatic carbocycles. The van der Waals surface area contributed by atoms with E-state index in [2.05, 4.69) is 30.1 Å². The molecule has 2 rings (SSSR count). The van der Waals surface area contributed by atoms with Crippen molar-refractivity contribution < 1.29 is 0 Å². The molecule has 1 unspecified atom stereocenters. The van der Waals surface area contributed by atoms with Gasteiger partial charge in [-0.25, -0.2) is 0 Å². The average molecular weight is 221 g/mol. The molecule has 1 atom stereocenters. The maximum absolute atomic E-state index is 9.56. The van der Waals surface area contributed by atoms with E-state index in [9.17, 15) is 5.26 Å². The third-order valence-corrected chi connectivity index (χ3v) is 3.88. The molecule has 1 N–H and O–H groups in total.